The van der Waals surface area contributed by atoms with Crippen molar-refractivity contribution in [2.45, 2.75) is 69.5 Å². The van der Waals surface area contributed by atoms with Crippen LogP contribution in [0.4, 0.5) is 5.82 Å². The Labute approximate surface area is 171 Å². The summed E-state index contributed by atoms with van der Waals surface area (Å²) in [6.07, 6.45) is 11.1. The number of nitrogens with one attached hydrogen (secondary N) is 1. The van der Waals surface area contributed by atoms with E-state index in [1.807, 2.05) is 30.5 Å². The molecule has 2 aliphatic heterocycles. The van der Waals surface area contributed by atoms with E-state index in [1.165, 1.54) is 25.7 Å². The molecule has 5 nitrogen and oxygen atoms in total. The second-order valence-electron chi connectivity index (χ2n) is 9.41. The summed E-state index contributed by atoms with van der Waals surface area (Å²) in [4.78, 5) is 25.0. The van der Waals surface area contributed by atoms with Gasteiger partial charge in [-0.2, -0.15) is 0 Å². The summed E-state index contributed by atoms with van der Waals surface area (Å²) in [5.74, 6) is 2.78. The number of anilines is 1. The van der Waals surface area contributed by atoms with Crippen molar-refractivity contribution in [3.8, 4) is 11.4 Å². The molecule has 4 aliphatic rings. The molecule has 0 spiro atoms. The molecule has 0 unspecified atom stereocenters. The number of carbonyl (C=O) groups is 1. The summed E-state index contributed by atoms with van der Waals surface area (Å²) in [5, 5.41) is 3.50. The van der Waals surface area contributed by atoms with Gasteiger partial charge in [0.25, 0.3) is 0 Å². The Morgan fingerprint density at radius 2 is 1.90 bits per heavy atom. The van der Waals surface area contributed by atoms with Crippen LogP contribution in [0, 0.1) is 11.3 Å². The Balaban J connectivity index is 1.22. The number of benzene rings is 1. The number of hydrogen-bond acceptors (Lipinski definition) is 4. The number of aromatic nitrogens is 2. The lowest BCUT2D eigenvalue weighted by Gasteiger charge is -2.42. The topological polar surface area (TPSA) is 58.1 Å². The Hall–Kier alpha value is -2.43. The molecule has 2 saturated heterocycles. The maximum atomic E-state index is 13.2. The van der Waals surface area contributed by atoms with Crippen molar-refractivity contribution >= 4 is 11.7 Å². The van der Waals surface area contributed by atoms with Gasteiger partial charge < -0.3 is 10.2 Å². The van der Waals surface area contributed by atoms with E-state index in [-0.39, 0.29) is 11.5 Å². The third-order valence-corrected chi connectivity index (χ3v) is 7.85. The van der Waals surface area contributed by atoms with Gasteiger partial charge in [-0.15, -0.1) is 0 Å². The van der Waals surface area contributed by atoms with E-state index in [1.54, 1.807) is 0 Å². The average Bonchev–Trinajstić information content (AvgIpc) is 3.39. The zero-order valence-electron chi connectivity index (χ0n) is 16.8. The molecule has 3 heterocycles. The van der Waals surface area contributed by atoms with Gasteiger partial charge in [0.15, 0.2) is 5.82 Å². The largest absolute Gasteiger partial charge is 0.351 e. The molecular formula is C24H28N4O. The fourth-order valence-corrected chi connectivity index (χ4v) is 6.05. The van der Waals surface area contributed by atoms with Crippen molar-refractivity contribution in [3.05, 3.63) is 42.6 Å². The lowest BCUT2D eigenvalue weighted by Crippen LogP contribution is -2.53. The first-order chi connectivity index (χ1) is 14.2. The van der Waals surface area contributed by atoms with Gasteiger partial charge in [0.1, 0.15) is 5.82 Å². The number of fused-ring (bicyclic) bond motifs is 2. The maximum absolute atomic E-state index is 13.2. The third kappa shape index (κ3) is 2.77. The number of hydrogen-bond donors (Lipinski definition) is 1. The third-order valence-electron chi connectivity index (χ3n) is 7.85. The van der Waals surface area contributed by atoms with Crippen LogP contribution in [0.25, 0.3) is 11.4 Å². The van der Waals surface area contributed by atoms with Crippen molar-refractivity contribution in [1.82, 2.24) is 15.3 Å². The van der Waals surface area contributed by atoms with E-state index in [9.17, 15) is 4.79 Å². The first-order valence-electron chi connectivity index (χ1n) is 11.2. The van der Waals surface area contributed by atoms with Crippen LogP contribution in [0.3, 0.4) is 0 Å². The second-order valence-corrected chi connectivity index (χ2v) is 9.41. The van der Waals surface area contributed by atoms with Crippen LogP contribution in [0.2, 0.25) is 0 Å². The first kappa shape index (κ1) is 17.4. The van der Waals surface area contributed by atoms with Crippen LogP contribution in [0.5, 0.6) is 0 Å². The lowest BCUT2D eigenvalue weighted by atomic mass is 9.64. The number of rotatable bonds is 5. The number of amides is 1. The summed E-state index contributed by atoms with van der Waals surface area (Å²) in [7, 11) is 0. The molecule has 5 heteroatoms. The molecule has 2 aliphatic carbocycles. The summed E-state index contributed by atoms with van der Waals surface area (Å²) in [6, 6.07) is 13.3. The summed E-state index contributed by atoms with van der Waals surface area (Å²) in [6.45, 7) is 0. The van der Waals surface area contributed by atoms with Crippen LogP contribution in [-0.2, 0) is 4.79 Å². The zero-order chi connectivity index (χ0) is 19.4. The van der Waals surface area contributed by atoms with Gasteiger partial charge in [-0.1, -0.05) is 36.8 Å². The van der Waals surface area contributed by atoms with E-state index < -0.39 is 0 Å². The molecule has 2 bridgehead atoms. The molecule has 1 aromatic heterocycles. The zero-order valence-corrected chi connectivity index (χ0v) is 16.8. The van der Waals surface area contributed by atoms with Crippen LogP contribution < -0.4 is 10.2 Å². The van der Waals surface area contributed by atoms with Crippen LogP contribution in [0.1, 0.15) is 51.4 Å². The monoisotopic (exact) mass is 388 g/mol. The van der Waals surface area contributed by atoms with E-state index in [0.717, 1.165) is 42.9 Å². The molecule has 2 aromatic rings. The van der Waals surface area contributed by atoms with E-state index in [0.29, 0.717) is 23.9 Å². The van der Waals surface area contributed by atoms with Crippen molar-refractivity contribution in [3.63, 3.8) is 0 Å². The molecule has 150 valence electrons. The van der Waals surface area contributed by atoms with Gasteiger partial charge in [0.05, 0.1) is 17.5 Å². The van der Waals surface area contributed by atoms with Crippen molar-refractivity contribution in [2.75, 3.05) is 4.90 Å². The predicted molar refractivity (Wildman–Crippen MR) is 112 cm³/mol. The van der Waals surface area contributed by atoms with Crippen LogP contribution >= 0.6 is 0 Å². The lowest BCUT2D eigenvalue weighted by molar-refractivity contribution is -0.138. The molecule has 4 fully saturated rings. The molecule has 6 rings (SSSR count). The number of carbonyl (C=O) groups excluding carboxylic acids is 1. The summed E-state index contributed by atoms with van der Waals surface area (Å²) < 4.78 is 0. The minimum Gasteiger partial charge on any atom is -0.351 e. The molecule has 0 radical (unpaired) electrons. The van der Waals surface area contributed by atoms with Gasteiger partial charge in [-0.25, -0.2) is 9.97 Å². The highest BCUT2D eigenvalue weighted by molar-refractivity contribution is 5.85. The Morgan fingerprint density at radius 3 is 2.62 bits per heavy atom. The van der Waals surface area contributed by atoms with Crippen molar-refractivity contribution in [1.29, 1.82) is 0 Å². The highest BCUT2D eigenvalue weighted by Gasteiger charge is 2.56. The maximum Gasteiger partial charge on any atom is 0.226 e. The highest BCUT2D eigenvalue weighted by Crippen LogP contribution is 2.57. The smallest absolute Gasteiger partial charge is 0.226 e. The fraction of sp³-hybridized carbons (Fsp3) is 0.542. The van der Waals surface area contributed by atoms with Crippen molar-refractivity contribution < 1.29 is 4.79 Å². The van der Waals surface area contributed by atoms with Crippen molar-refractivity contribution in [2.24, 2.45) is 11.3 Å². The Bertz CT molecular complexity index is 921. The summed E-state index contributed by atoms with van der Waals surface area (Å²) in [5.41, 5.74) is 1.02. The summed E-state index contributed by atoms with van der Waals surface area (Å²) >= 11 is 0. The normalized spacial score (nSPS) is 29.5. The number of nitrogens with zero attached hydrogens (tertiary/aromatic N) is 3. The highest BCUT2D eigenvalue weighted by atomic mass is 16.2. The fourth-order valence-electron chi connectivity index (χ4n) is 6.05. The average molecular weight is 389 g/mol. The standard InChI is InChI=1S/C24H28N4O/c29-23(24(12-4-13-24)17-7-8-17)26-19-15-18-9-10-20(19)28(18)21-11-14-25-22(27-21)16-5-2-1-3-6-16/h1-3,5-6,11,14,17-20H,4,7-10,12-13,15H2,(H,26,29)/t18-,19+,20+/m0/s1. The van der Waals surface area contributed by atoms with Crippen LogP contribution in [0.15, 0.2) is 42.6 Å². The molecule has 1 N–H and O–H groups in total. The van der Waals surface area contributed by atoms with Gasteiger partial charge in [0, 0.05) is 17.8 Å². The van der Waals surface area contributed by atoms with E-state index in [2.05, 4.69) is 27.3 Å². The molecule has 3 atom stereocenters. The Morgan fingerprint density at radius 1 is 1.07 bits per heavy atom. The molecular weight excluding hydrogens is 360 g/mol. The predicted octanol–water partition coefficient (Wildman–Crippen LogP) is 3.95. The Kier molecular flexibility index (Phi) is 3.93. The molecule has 1 amide bonds. The van der Waals surface area contributed by atoms with Gasteiger partial charge in [-0.3, -0.25) is 4.79 Å². The molecule has 2 saturated carbocycles. The van der Waals surface area contributed by atoms with Crippen LogP contribution in [-0.4, -0.2) is 34.0 Å². The second kappa shape index (κ2) is 6.54. The minimum absolute atomic E-state index is 0.0257. The molecule has 1 aromatic carbocycles. The van der Waals surface area contributed by atoms with E-state index in [4.69, 9.17) is 4.98 Å². The molecule has 29 heavy (non-hydrogen) atoms. The minimum atomic E-state index is -0.0257. The van der Waals surface area contributed by atoms with Gasteiger partial charge in [-0.05, 0) is 56.9 Å². The quantitative estimate of drug-likeness (QED) is 0.843. The SMILES string of the molecule is O=C(N[C@@H]1C[C@@H]2CC[C@H]1N2c1ccnc(-c2ccccc2)n1)C1(C2CC2)CCC1. The van der Waals surface area contributed by atoms with Gasteiger partial charge >= 0.3 is 0 Å². The van der Waals surface area contributed by atoms with E-state index >= 15 is 0 Å². The van der Waals surface area contributed by atoms with Gasteiger partial charge in [0.2, 0.25) is 5.91 Å². The first-order valence-corrected chi connectivity index (χ1v) is 11.2.